The zero-order valence-electron chi connectivity index (χ0n) is 11.6. The average molecular weight is 330 g/mol. The molecule has 3 rings (SSSR count). The molecule has 0 radical (unpaired) electrons. The van der Waals surface area contributed by atoms with E-state index < -0.39 is 12.3 Å². The van der Waals surface area contributed by atoms with Crippen LogP contribution in [0.3, 0.4) is 0 Å². The van der Waals surface area contributed by atoms with Crippen molar-refractivity contribution in [3.05, 3.63) is 33.7 Å². The van der Waals surface area contributed by atoms with Crippen molar-refractivity contribution in [1.82, 2.24) is 14.5 Å². The third-order valence-corrected chi connectivity index (χ3v) is 4.24. The van der Waals surface area contributed by atoms with Crippen LogP contribution >= 0.6 is 11.6 Å². The van der Waals surface area contributed by atoms with Crippen molar-refractivity contribution >= 4 is 28.5 Å². The van der Waals surface area contributed by atoms with E-state index in [4.69, 9.17) is 11.6 Å². The van der Waals surface area contributed by atoms with Crippen LogP contribution in [0.2, 0.25) is 5.02 Å². The van der Waals surface area contributed by atoms with E-state index in [-0.39, 0.29) is 24.8 Å². The molecule has 1 aromatic carbocycles. The first-order chi connectivity index (χ1) is 10.5. The van der Waals surface area contributed by atoms with E-state index in [1.807, 2.05) is 0 Å². The van der Waals surface area contributed by atoms with Crippen LogP contribution < -0.4 is 5.69 Å². The van der Waals surface area contributed by atoms with E-state index in [1.54, 1.807) is 22.8 Å². The number of benzene rings is 1. The lowest BCUT2D eigenvalue weighted by Crippen LogP contribution is -2.43. The number of aromatic nitrogens is 2. The summed E-state index contributed by atoms with van der Waals surface area (Å²) in [5, 5.41) is 0.526. The first-order valence-corrected chi connectivity index (χ1v) is 7.32. The number of carbonyl (C=O) groups is 1. The second-order valence-electron chi connectivity index (χ2n) is 5.32. The molecule has 2 aromatic rings. The van der Waals surface area contributed by atoms with Crippen molar-refractivity contribution in [3.63, 3.8) is 0 Å². The quantitative estimate of drug-likeness (QED) is 0.920. The number of imidazole rings is 1. The van der Waals surface area contributed by atoms with E-state index in [0.29, 0.717) is 23.4 Å². The molecule has 1 aromatic heterocycles. The van der Waals surface area contributed by atoms with Crippen LogP contribution in [-0.2, 0) is 4.79 Å². The Morgan fingerprint density at radius 2 is 2.00 bits per heavy atom. The number of alkyl halides is 2. The third kappa shape index (κ3) is 2.61. The summed E-state index contributed by atoms with van der Waals surface area (Å²) in [6, 6.07) is 5.00. The molecule has 8 heteroatoms. The van der Waals surface area contributed by atoms with Crippen LogP contribution in [-0.4, -0.2) is 39.9 Å². The minimum Gasteiger partial charge on any atom is -0.338 e. The van der Waals surface area contributed by atoms with Gasteiger partial charge in [0.2, 0.25) is 0 Å². The molecule has 5 nitrogen and oxygen atoms in total. The van der Waals surface area contributed by atoms with Crippen molar-refractivity contribution in [1.29, 1.82) is 0 Å². The highest BCUT2D eigenvalue weighted by molar-refractivity contribution is 6.31. The summed E-state index contributed by atoms with van der Waals surface area (Å²) in [4.78, 5) is 27.3. The monoisotopic (exact) mass is 329 g/mol. The molecule has 0 bridgehead atoms. The number of amides is 1. The number of aromatic amines is 1. The highest BCUT2D eigenvalue weighted by atomic mass is 35.5. The summed E-state index contributed by atoms with van der Waals surface area (Å²) in [5.41, 5.74) is 1.12. The highest BCUT2D eigenvalue weighted by Crippen LogP contribution is 2.26. The Morgan fingerprint density at radius 3 is 2.64 bits per heavy atom. The predicted molar refractivity (Wildman–Crippen MR) is 78.4 cm³/mol. The van der Waals surface area contributed by atoms with Crippen LogP contribution in [0.4, 0.5) is 8.78 Å². The predicted octanol–water partition coefficient (Wildman–Crippen LogP) is 2.41. The number of carbonyl (C=O) groups excluding carboxylic acids is 1. The van der Waals surface area contributed by atoms with Gasteiger partial charge < -0.3 is 9.88 Å². The van der Waals surface area contributed by atoms with Gasteiger partial charge in [-0.1, -0.05) is 11.6 Å². The molecule has 1 saturated heterocycles. The molecule has 0 saturated carbocycles. The number of halogens is 3. The molecule has 1 amide bonds. The van der Waals surface area contributed by atoms with Gasteiger partial charge in [-0.2, -0.15) is 8.78 Å². The van der Waals surface area contributed by atoms with Crippen molar-refractivity contribution in [2.24, 2.45) is 0 Å². The third-order valence-electron chi connectivity index (χ3n) is 4.01. The number of fused-ring (bicyclic) bond motifs is 1. The molecular formula is C14H14ClF2N3O2. The average Bonchev–Trinajstić information content (AvgIpc) is 2.81. The second-order valence-corrected chi connectivity index (χ2v) is 5.76. The van der Waals surface area contributed by atoms with Gasteiger partial charge in [-0.15, -0.1) is 0 Å². The zero-order valence-corrected chi connectivity index (χ0v) is 12.3. The fraction of sp³-hybridized carbons (Fsp3) is 0.429. The van der Waals surface area contributed by atoms with Crippen molar-refractivity contribution in [2.45, 2.75) is 25.3 Å². The molecule has 0 unspecified atom stereocenters. The Kier molecular flexibility index (Phi) is 3.90. The SMILES string of the molecule is O=C(C(F)F)N1CCC(n2c(=O)[nH]c3cc(Cl)ccc32)CC1. The van der Waals surface area contributed by atoms with E-state index >= 15 is 0 Å². The number of hydrogen-bond donors (Lipinski definition) is 1. The molecule has 0 spiro atoms. The van der Waals surface area contributed by atoms with Crippen LogP contribution in [0.5, 0.6) is 0 Å². The van der Waals surface area contributed by atoms with Gasteiger partial charge in [0.05, 0.1) is 11.0 Å². The molecular weight excluding hydrogens is 316 g/mol. The Bertz CT molecular complexity index is 763. The summed E-state index contributed by atoms with van der Waals surface area (Å²) in [7, 11) is 0. The van der Waals surface area contributed by atoms with Crippen LogP contribution in [0.25, 0.3) is 11.0 Å². The smallest absolute Gasteiger partial charge is 0.326 e. The first-order valence-electron chi connectivity index (χ1n) is 6.94. The number of hydrogen-bond acceptors (Lipinski definition) is 2. The first kappa shape index (κ1) is 15.0. The van der Waals surface area contributed by atoms with Gasteiger partial charge in [-0.25, -0.2) is 4.79 Å². The van der Waals surface area contributed by atoms with E-state index in [0.717, 1.165) is 10.4 Å². The fourth-order valence-electron chi connectivity index (χ4n) is 2.95. The number of nitrogens with one attached hydrogen (secondary N) is 1. The second kappa shape index (κ2) is 5.72. The fourth-order valence-corrected chi connectivity index (χ4v) is 3.12. The van der Waals surface area contributed by atoms with Crippen LogP contribution in [0, 0.1) is 0 Å². The van der Waals surface area contributed by atoms with E-state index in [9.17, 15) is 18.4 Å². The Morgan fingerprint density at radius 1 is 1.32 bits per heavy atom. The van der Waals surface area contributed by atoms with Gasteiger partial charge in [-0.3, -0.25) is 9.36 Å². The molecule has 1 fully saturated rings. The maximum atomic E-state index is 12.4. The lowest BCUT2D eigenvalue weighted by Gasteiger charge is -2.32. The lowest BCUT2D eigenvalue weighted by molar-refractivity contribution is -0.144. The molecule has 0 aliphatic carbocycles. The zero-order chi connectivity index (χ0) is 15.9. The lowest BCUT2D eigenvalue weighted by atomic mass is 10.0. The number of nitrogens with zero attached hydrogens (tertiary/aromatic N) is 2. The number of rotatable bonds is 2. The summed E-state index contributed by atoms with van der Waals surface area (Å²) >= 11 is 5.90. The number of likely N-dealkylation sites (tertiary alicyclic amines) is 1. The summed E-state index contributed by atoms with van der Waals surface area (Å²) in [5.74, 6) is -1.14. The standard InChI is InChI=1S/C14H14ClF2N3O2/c15-8-1-2-11-10(7-8)18-14(22)20(11)9-3-5-19(6-4-9)13(21)12(16)17/h1-2,7,9,12H,3-6H2,(H,18,22). The molecule has 1 aliphatic heterocycles. The molecule has 118 valence electrons. The van der Waals surface area contributed by atoms with Gasteiger partial charge in [0.1, 0.15) is 0 Å². The summed E-state index contributed by atoms with van der Waals surface area (Å²) in [6.07, 6.45) is -2.04. The molecule has 2 heterocycles. The largest absolute Gasteiger partial charge is 0.338 e. The van der Waals surface area contributed by atoms with Gasteiger partial charge in [0.25, 0.3) is 5.91 Å². The van der Waals surface area contributed by atoms with Crippen LogP contribution in [0.15, 0.2) is 23.0 Å². The molecule has 0 atom stereocenters. The van der Waals surface area contributed by atoms with Crippen molar-refractivity contribution in [2.75, 3.05) is 13.1 Å². The van der Waals surface area contributed by atoms with Gasteiger partial charge >= 0.3 is 12.1 Å². The molecule has 22 heavy (non-hydrogen) atoms. The Balaban J connectivity index is 1.84. The minimum absolute atomic E-state index is 0.121. The van der Waals surface area contributed by atoms with Gasteiger partial charge in [0.15, 0.2) is 0 Å². The number of piperidine rings is 1. The highest BCUT2D eigenvalue weighted by Gasteiger charge is 2.29. The topological polar surface area (TPSA) is 58.1 Å². The van der Waals surface area contributed by atoms with E-state index in [1.165, 1.54) is 0 Å². The van der Waals surface area contributed by atoms with Crippen molar-refractivity contribution < 1.29 is 13.6 Å². The Hall–Kier alpha value is -1.89. The van der Waals surface area contributed by atoms with Crippen LogP contribution in [0.1, 0.15) is 18.9 Å². The van der Waals surface area contributed by atoms with Gasteiger partial charge in [-0.05, 0) is 31.0 Å². The minimum atomic E-state index is -2.98. The summed E-state index contributed by atoms with van der Waals surface area (Å²) < 4.78 is 26.5. The number of H-pyrrole nitrogens is 1. The van der Waals surface area contributed by atoms with Gasteiger partial charge in [0, 0.05) is 24.2 Å². The molecule has 1 aliphatic rings. The maximum absolute atomic E-state index is 12.4. The van der Waals surface area contributed by atoms with E-state index in [2.05, 4.69) is 4.98 Å². The normalized spacial score (nSPS) is 16.6. The van der Waals surface area contributed by atoms with Crippen molar-refractivity contribution in [3.8, 4) is 0 Å². The molecule has 1 N–H and O–H groups in total. The maximum Gasteiger partial charge on any atom is 0.326 e. The summed E-state index contributed by atoms with van der Waals surface area (Å²) in [6.45, 7) is 0.446. The Labute approximate surface area is 129 Å².